The summed E-state index contributed by atoms with van der Waals surface area (Å²) in [6.45, 7) is 4.90. The van der Waals surface area contributed by atoms with Crippen molar-refractivity contribution in [2.75, 3.05) is 52.9 Å². The molecule has 0 saturated carbocycles. The van der Waals surface area contributed by atoms with E-state index in [9.17, 15) is 9.59 Å². The lowest BCUT2D eigenvalue weighted by Gasteiger charge is -2.42. The molecule has 0 bridgehead atoms. The first kappa shape index (κ1) is 22.6. The van der Waals surface area contributed by atoms with Gasteiger partial charge in [0.1, 0.15) is 11.4 Å². The van der Waals surface area contributed by atoms with Crippen molar-refractivity contribution in [1.29, 1.82) is 0 Å². The number of likely N-dealkylation sites (tertiary alicyclic amines) is 1. The Bertz CT molecular complexity index is 902. The van der Waals surface area contributed by atoms with Crippen LogP contribution in [0, 0.1) is 5.41 Å². The van der Waals surface area contributed by atoms with E-state index < -0.39 is 0 Å². The predicted molar refractivity (Wildman–Crippen MR) is 122 cm³/mol. The third-order valence-corrected chi connectivity index (χ3v) is 6.84. The zero-order valence-electron chi connectivity index (χ0n) is 18.4. The molecule has 4 rings (SSSR count). The number of aromatic nitrogens is 2. The van der Waals surface area contributed by atoms with Gasteiger partial charge in [0.25, 0.3) is 5.91 Å². The topological polar surface area (TPSA) is 81.8 Å². The van der Waals surface area contributed by atoms with Gasteiger partial charge in [0.15, 0.2) is 0 Å². The van der Waals surface area contributed by atoms with Crippen molar-refractivity contribution in [3.63, 3.8) is 0 Å². The van der Waals surface area contributed by atoms with E-state index in [2.05, 4.69) is 22.1 Å². The highest BCUT2D eigenvalue weighted by atomic mass is 35.5. The molecular formula is C23H30ClN5O3. The van der Waals surface area contributed by atoms with Gasteiger partial charge >= 0.3 is 0 Å². The molecule has 0 radical (unpaired) electrons. The van der Waals surface area contributed by atoms with Crippen LogP contribution in [0.4, 0.5) is 0 Å². The van der Waals surface area contributed by atoms with Crippen molar-refractivity contribution < 1.29 is 14.3 Å². The van der Waals surface area contributed by atoms with Crippen LogP contribution in [-0.2, 0) is 4.79 Å². The average Bonchev–Trinajstić information content (AvgIpc) is 3.34. The molecule has 0 unspecified atom stereocenters. The van der Waals surface area contributed by atoms with E-state index in [1.54, 1.807) is 24.4 Å². The van der Waals surface area contributed by atoms with Crippen LogP contribution in [0.5, 0.6) is 5.75 Å². The number of likely N-dealkylation sites (N-methyl/N-ethyl adjacent to an activating group) is 1. The molecule has 2 aromatic rings. The fraction of sp³-hybridized carbons (Fsp3) is 0.522. The number of carbonyl (C=O) groups excluding carboxylic acids is 2. The molecule has 2 fully saturated rings. The highest BCUT2D eigenvalue weighted by Gasteiger charge is 2.40. The zero-order chi connectivity index (χ0) is 22.6. The van der Waals surface area contributed by atoms with Gasteiger partial charge in [-0.15, -0.1) is 0 Å². The van der Waals surface area contributed by atoms with Gasteiger partial charge in [0.05, 0.1) is 6.61 Å². The fourth-order valence-electron chi connectivity index (χ4n) is 4.36. The number of ether oxygens (including phenoxy) is 1. The Balaban J connectivity index is 1.43. The van der Waals surface area contributed by atoms with Crippen molar-refractivity contribution >= 4 is 23.4 Å². The van der Waals surface area contributed by atoms with Crippen LogP contribution in [0.2, 0.25) is 5.02 Å². The number of H-pyrrole nitrogens is 1. The smallest absolute Gasteiger partial charge is 0.271 e. The molecule has 2 saturated heterocycles. The van der Waals surface area contributed by atoms with E-state index >= 15 is 0 Å². The van der Waals surface area contributed by atoms with Crippen molar-refractivity contribution in [2.24, 2.45) is 5.41 Å². The SMILES string of the molecule is CN1CCN(C(=O)CC2(COc3ccc(Cl)cc3)CCN(C(=O)c3ccn[nH]3)CC2)CC1. The number of nitrogens with zero attached hydrogens (tertiary/aromatic N) is 4. The molecule has 32 heavy (non-hydrogen) atoms. The summed E-state index contributed by atoms with van der Waals surface area (Å²) < 4.78 is 6.12. The summed E-state index contributed by atoms with van der Waals surface area (Å²) in [5.41, 5.74) is 0.175. The van der Waals surface area contributed by atoms with E-state index in [-0.39, 0.29) is 17.2 Å². The van der Waals surface area contributed by atoms with Crippen LogP contribution >= 0.6 is 11.6 Å². The number of halogens is 1. The Kier molecular flexibility index (Phi) is 7.01. The molecular weight excluding hydrogens is 430 g/mol. The highest BCUT2D eigenvalue weighted by molar-refractivity contribution is 6.30. The summed E-state index contributed by atoms with van der Waals surface area (Å²) in [6, 6.07) is 8.96. The first-order valence-corrected chi connectivity index (χ1v) is 11.5. The Labute approximate surface area is 193 Å². The molecule has 0 atom stereocenters. The van der Waals surface area contributed by atoms with Gasteiger partial charge in [-0.1, -0.05) is 11.6 Å². The van der Waals surface area contributed by atoms with Gasteiger partial charge < -0.3 is 19.4 Å². The Morgan fingerprint density at radius 3 is 2.34 bits per heavy atom. The van der Waals surface area contributed by atoms with E-state index in [1.165, 1.54) is 0 Å². The second-order valence-corrected chi connectivity index (χ2v) is 9.30. The number of carbonyl (C=O) groups is 2. The number of piperidine rings is 1. The summed E-state index contributed by atoms with van der Waals surface area (Å²) in [4.78, 5) is 31.9. The number of aromatic amines is 1. The van der Waals surface area contributed by atoms with Crippen LogP contribution in [0.15, 0.2) is 36.5 Å². The second-order valence-electron chi connectivity index (χ2n) is 8.87. The van der Waals surface area contributed by atoms with Crippen molar-refractivity contribution in [3.8, 4) is 5.75 Å². The summed E-state index contributed by atoms with van der Waals surface area (Å²) in [6.07, 6.45) is 3.42. The molecule has 8 nitrogen and oxygen atoms in total. The first-order valence-electron chi connectivity index (χ1n) is 11.1. The maximum absolute atomic E-state index is 13.2. The standard InChI is InChI=1S/C23H30ClN5O3/c1-27-12-14-28(15-13-27)21(30)16-23(17-32-19-4-2-18(24)3-5-19)7-10-29(11-8-23)22(31)20-6-9-25-26-20/h2-6,9H,7-8,10-17H2,1H3,(H,25,26). The molecule has 0 aliphatic carbocycles. The normalized spacial score (nSPS) is 19.1. The third kappa shape index (κ3) is 5.42. The molecule has 9 heteroatoms. The quantitative estimate of drug-likeness (QED) is 0.717. The van der Waals surface area contributed by atoms with Gasteiger partial charge in [-0.2, -0.15) is 5.10 Å². The van der Waals surface area contributed by atoms with Crippen LogP contribution < -0.4 is 4.74 Å². The number of rotatable bonds is 6. The molecule has 2 amide bonds. The van der Waals surface area contributed by atoms with Crippen LogP contribution in [0.3, 0.4) is 0 Å². The number of hydrogen-bond donors (Lipinski definition) is 1. The molecule has 1 aromatic carbocycles. The minimum atomic E-state index is -0.315. The van der Waals surface area contributed by atoms with Gasteiger partial charge in [0, 0.05) is 62.3 Å². The van der Waals surface area contributed by atoms with Crippen molar-refractivity contribution in [2.45, 2.75) is 19.3 Å². The number of hydrogen-bond acceptors (Lipinski definition) is 5. The minimum absolute atomic E-state index is 0.0555. The van der Waals surface area contributed by atoms with Crippen LogP contribution in [0.25, 0.3) is 0 Å². The van der Waals surface area contributed by atoms with E-state index in [1.807, 2.05) is 21.9 Å². The molecule has 172 valence electrons. The Morgan fingerprint density at radius 1 is 1.03 bits per heavy atom. The molecule has 0 spiro atoms. The maximum atomic E-state index is 13.2. The minimum Gasteiger partial charge on any atom is -0.493 e. The van der Waals surface area contributed by atoms with Crippen molar-refractivity contribution in [3.05, 3.63) is 47.2 Å². The maximum Gasteiger partial charge on any atom is 0.271 e. The monoisotopic (exact) mass is 459 g/mol. The van der Waals surface area contributed by atoms with Gasteiger partial charge in [-0.25, -0.2) is 0 Å². The lowest BCUT2D eigenvalue weighted by molar-refractivity contribution is -0.136. The van der Waals surface area contributed by atoms with Crippen LogP contribution in [0.1, 0.15) is 29.8 Å². The number of nitrogens with one attached hydrogen (secondary N) is 1. The summed E-state index contributed by atoms with van der Waals surface area (Å²) in [5, 5.41) is 7.28. The lowest BCUT2D eigenvalue weighted by Crippen LogP contribution is -2.51. The number of piperazine rings is 1. The van der Waals surface area contributed by atoms with Gasteiger partial charge in [-0.3, -0.25) is 14.7 Å². The first-order chi connectivity index (χ1) is 15.4. The van der Waals surface area contributed by atoms with Crippen molar-refractivity contribution in [1.82, 2.24) is 24.9 Å². The van der Waals surface area contributed by atoms with E-state index in [4.69, 9.17) is 16.3 Å². The third-order valence-electron chi connectivity index (χ3n) is 6.58. The Hall–Kier alpha value is -2.58. The van der Waals surface area contributed by atoms with E-state index in [0.717, 1.165) is 31.9 Å². The summed E-state index contributed by atoms with van der Waals surface area (Å²) in [5.74, 6) is 0.850. The highest BCUT2D eigenvalue weighted by Crippen LogP contribution is 2.37. The molecule has 2 aliphatic rings. The van der Waals surface area contributed by atoms with Gasteiger partial charge in [0.2, 0.25) is 5.91 Å². The Morgan fingerprint density at radius 2 is 1.72 bits per heavy atom. The lowest BCUT2D eigenvalue weighted by atomic mass is 9.75. The molecule has 1 aromatic heterocycles. The number of amides is 2. The summed E-state index contributed by atoms with van der Waals surface area (Å²) >= 11 is 5.99. The summed E-state index contributed by atoms with van der Waals surface area (Å²) in [7, 11) is 2.08. The largest absolute Gasteiger partial charge is 0.493 e. The number of benzene rings is 1. The second kappa shape index (κ2) is 9.92. The fourth-order valence-corrected chi connectivity index (χ4v) is 4.48. The van der Waals surface area contributed by atoms with E-state index in [0.29, 0.717) is 49.7 Å². The average molecular weight is 460 g/mol. The molecule has 2 aliphatic heterocycles. The molecule has 1 N–H and O–H groups in total. The van der Waals surface area contributed by atoms with Crippen LogP contribution in [-0.4, -0.2) is 89.6 Å². The predicted octanol–water partition coefficient (Wildman–Crippen LogP) is 2.53. The molecule has 3 heterocycles. The zero-order valence-corrected chi connectivity index (χ0v) is 19.2. The van der Waals surface area contributed by atoms with Gasteiger partial charge in [-0.05, 0) is 50.2 Å².